The molecule has 0 aliphatic rings. The van der Waals surface area contributed by atoms with E-state index in [9.17, 15) is 13.2 Å². The van der Waals surface area contributed by atoms with Crippen LogP contribution in [0.5, 0.6) is 0 Å². The third-order valence-electron chi connectivity index (χ3n) is 5.50. The lowest BCUT2D eigenvalue weighted by atomic mass is 10.0. The lowest BCUT2D eigenvalue weighted by Gasteiger charge is -2.15. The Hall–Kier alpha value is -3.35. The maximum Gasteiger partial charge on any atom is 0.257 e. The summed E-state index contributed by atoms with van der Waals surface area (Å²) in [6, 6.07) is 23.6. The fraction of sp³-hybridized carbons (Fsp3) is 0.115. The highest BCUT2D eigenvalue weighted by atomic mass is 35.5. The van der Waals surface area contributed by atoms with Gasteiger partial charge in [0.2, 0.25) is 0 Å². The molecule has 1 amide bonds. The smallest absolute Gasteiger partial charge is 0.257 e. The van der Waals surface area contributed by atoms with Crippen molar-refractivity contribution in [3.63, 3.8) is 0 Å². The molecule has 168 valence electrons. The van der Waals surface area contributed by atoms with Gasteiger partial charge in [0.1, 0.15) is 0 Å². The molecule has 0 radical (unpaired) electrons. The molecule has 1 N–H and O–H groups in total. The van der Waals surface area contributed by atoms with Gasteiger partial charge in [-0.2, -0.15) is 0 Å². The first-order valence-electron chi connectivity index (χ1n) is 10.3. The van der Waals surface area contributed by atoms with Crippen molar-refractivity contribution in [2.24, 2.45) is 0 Å². The Morgan fingerprint density at radius 3 is 2.27 bits per heavy atom. The molecule has 0 aliphatic carbocycles. The van der Waals surface area contributed by atoms with Crippen molar-refractivity contribution >= 4 is 33.0 Å². The van der Waals surface area contributed by atoms with Gasteiger partial charge in [0.25, 0.3) is 5.91 Å². The number of rotatable bonds is 5. The average molecular weight is 479 g/mol. The molecular weight excluding hydrogens is 456 g/mol. The molecule has 0 aliphatic heterocycles. The number of amides is 1. The molecule has 1 aromatic heterocycles. The van der Waals surface area contributed by atoms with Crippen molar-refractivity contribution in [3.8, 4) is 16.8 Å². The van der Waals surface area contributed by atoms with E-state index in [0.29, 0.717) is 16.3 Å². The zero-order valence-corrected chi connectivity index (χ0v) is 20.0. The third-order valence-corrected chi connectivity index (χ3v) is 6.86. The molecule has 4 aromatic rings. The first-order valence-corrected chi connectivity index (χ1v) is 12.6. The van der Waals surface area contributed by atoms with E-state index in [1.807, 2.05) is 68.4 Å². The Labute approximate surface area is 198 Å². The van der Waals surface area contributed by atoms with E-state index in [1.54, 1.807) is 12.1 Å². The molecule has 7 heteroatoms. The first kappa shape index (κ1) is 22.8. The number of anilines is 1. The number of hydrogen-bond acceptors (Lipinski definition) is 3. The van der Waals surface area contributed by atoms with Crippen molar-refractivity contribution < 1.29 is 13.2 Å². The van der Waals surface area contributed by atoms with E-state index in [1.165, 1.54) is 12.1 Å². The second kappa shape index (κ2) is 8.89. The number of halogens is 1. The molecule has 0 saturated carbocycles. The minimum absolute atomic E-state index is 0.205. The van der Waals surface area contributed by atoms with Gasteiger partial charge in [-0.05, 0) is 67.9 Å². The molecule has 0 unspecified atom stereocenters. The minimum atomic E-state index is -3.29. The van der Waals surface area contributed by atoms with Crippen LogP contribution in [0.15, 0.2) is 83.8 Å². The Balaban J connectivity index is 1.69. The number of benzene rings is 3. The van der Waals surface area contributed by atoms with Crippen LogP contribution in [0.4, 0.5) is 5.69 Å². The van der Waals surface area contributed by atoms with Crippen LogP contribution in [-0.4, -0.2) is 25.1 Å². The second-order valence-electron chi connectivity index (χ2n) is 7.90. The molecule has 5 nitrogen and oxygen atoms in total. The number of para-hydroxylation sites is 1. The highest BCUT2D eigenvalue weighted by molar-refractivity contribution is 7.90. The molecule has 0 fully saturated rings. The van der Waals surface area contributed by atoms with Crippen LogP contribution in [-0.2, 0) is 9.84 Å². The van der Waals surface area contributed by atoms with Crippen molar-refractivity contribution in [2.45, 2.75) is 18.7 Å². The normalized spacial score (nSPS) is 11.4. The van der Waals surface area contributed by atoms with Crippen LogP contribution < -0.4 is 5.32 Å². The molecule has 0 saturated heterocycles. The first-order chi connectivity index (χ1) is 15.6. The van der Waals surface area contributed by atoms with Crippen LogP contribution in [0.1, 0.15) is 21.7 Å². The number of nitrogens with one attached hydrogen (secondary N) is 1. The molecule has 3 aromatic carbocycles. The zero-order valence-electron chi connectivity index (χ0n) is 18.5. The predicted molar refractivity (Wildman–Crippen MR) is 133 cm³/mol. The molecule has 4 rings (SSSR count). The maximum absolute atomic E-state index is 13.1. The van der Waals surface area contributed by atoms with Gasteiger partial charge < -0.3 is 9.88 Å². The molecule has 0 spiro atoms. The van der Waals surface area contributed by atoms with E-state index in [-0.39, 0.29) is 10.8 Å². The van der Waals surface area contributed by atoms with Crippen molar-refractivity contribution in [3.05, 3.63) is 101 Å². The molecule has 33 heavy (non-hydrogen) atoms. The summed E-state index contributed by atoms with van der Waals surface area (Å²) in [5.74, 6) is -0.262. The van der Waals surface area contributed by atoms with E-state index in [4.69, 9.17) is 11.6 Å². The van der Waals surface area contributed by atoms with Gasteiger partial charge in [-0.25, -0.2) is 8.42 Å². The van der Waals surface area contributed by atoms with Gasteiger partial charge in [-0.15, -0.1) is 0 Å². The standard InChI is InChI=1S/C26H23ClN2O3S/c1-17-15-24(26(30)28-21-11-13-22(14-12-21)33(3,31)32)18(2)29(17)25-10-5-4-9-23(25)19-7-6-8-20(27)16-19/h4-16H,1-3H3,(H,28,30). The monoisotopic (exact) mass is 478 g/mol. The maximum atomic E-state index is 13.1. The highest BCUT2D eigenvalue weighted by Gasteiger charge is 2.19. The van der Waals surface area contributed by atoms with Gasteiger partial charge in [0.05, 0.1) is 16.1 Å². The Kier molecular flexibility index (Phi) is 6.15. The Morgan fingerprint density at radius 2 is 1.61 bits per heavy atom. The fourth-order valence-corrected chi connectivity index (χ4v) is 4.74. The minimum Gasteiger partial charge on any atom is -0.322 e. The zero-order chi connectivity index (χ0) is 23.8. The second-order valence-corrected chi connectivity index (χ2v) is 10.4. The van der Waals surface area contributed by atoms with Crippen LogP contribution in [0, 0.1) is 13.8 Å². The summed E-state index contributed by atoms with van der Waals surface area (Å²) in [6.07, 6.45) is 1.15. The van der Waals surface area contributed by atoms with Gasteiger partial charge in [-0.1, -0.05) is 41.9 Å². The number of aryl methyl sites for hydroxylation is 1. The summed E-state index contributed by atoms with van der Waals surface area (Å²) < 4.78 is 25.4. The Morgan fingerprint density at radius 1 is 0.909 bits per heavy atom. The summed E-state index contributed by atoms with van der Waals surface area (Å²) in [4.78, 5) is 13.3. The molecule has 0 bridgehead atoms. The SMILES string of the molecule is Cc1cc(C(=O)Nc2ccc(S(C)(=O)=O)cc2)c(C)n1-c1ccccc1-c1cccc(Cl)c1. The molecule has 0 atom stereocenters. The third kappa shape index (κ3) is 4.72. The summed E-state index contributed by atoms with van der Waals surface area (Å²) in [6.45, 7) is 3.86. The van der Waals surface area contributed by atoms with E-state index < -0.39 is 9.84 Å². The van der Waals surface area contributed by atoms with Crippen molar-refractivity contribution in [2.75, 3.05) is 11.6 Å². The highest BCUT2D eigenvalue weighted by Crippen LogP contribution is 2.32. The number of sulfone groups is 1. The van der Waals surface area contributed by atoms with E-state index in [0.717, 1.165) is 34.5 Å². The topological polar surface area (TPSA) is 68.2 Å². The lowest BCUT2D eigenvalue weighted by Crippen LogP contribution is -2.13. The Bertz CT molecular complexity index is 1460. The van der Waals surface area contributed by atoms with E-state index >= 15 is 0 Å². The van der Waals surface area contributed by atoms with Gasteiger partial charge >= 0.3 is 0 Å². The van der Waals surface area contributed by atoms with E-state index in [2.05, 4.69) is 9.88 Å². The number of nitrogens with zero attached hydrogens (tertiary/aromatic N) is 1. The quantitative estimate of drug-likeness (QED) is 0.378. The summed E-state index contributed by atoms with van der Waals surface area (Å²) in [5.41, 5.74) is 5.72. The van der Waals surface area contributed by atoms with Gasteiger partial charge in [0, 0.05) is 33.9 Å². The molecule has 1 heterocycles. The van der Waals surface area contributed by atoms with Gasteiger partial charge in [-0.3, -0.25) is 4.79 Å². The van der Waals surface area contributed by atoms with Crippen LogP contribution in [0.2, 0.25) is 5.02 Å². The van der Waals surface area contributed by atoms with Crippen LogP contribution >= 0.6 is 11.6 Å². The summed E-state index contributed by atoms with van der Waals surface area (Å²) in [7, 11) is -3.29. The van der Waals surface area contributed by atoms with Crippen molar-refractivity contribution in [1.29, 1.82) is 0 Å². The lowest BCUT2D eigenvalue weighted by molar-refractivity contribution is 0.102. The van der Waals surface area contributed by atoms with Crippen molar-refractivity contribution in [1.82, 2.24) is 4.57 Å². The summed E-state index contributed by atoms with van der Waals surface area (Å²) in [5, 5.41) is 3.52. The summed E-state index contributed by atoms with van der Waals surface area (Å²) >= 11 is 6.22. The number of carbonyl (C=O) groups excluding carboxylic acids is 1. The largest absolute Gasteiger partial charge is 0.322 e. The fourth-order valence-electron chi connectivity index (χ4n) is 3.92. The van der Waals surface area contributed by atoms with Crippen LogP contribution in [0.25, 0.3) is 16.8 Å². The van der Waals surface area contributed by atoms with Gasteiger partial charge in [0.15, 0.2) is 9.84 Å². The number of hydrogen-bond donors (Lipinski definition) is 1. The average Bonchev–Trinajstić information content (AvgIpc) is 3.07. The predicted octanol–water partition coefficient (Wildman–Crippen LogP) is 6.07. The number of aromatic nitrogens is 1. The number of carbonyl (C=O) groups is 1. The molecular formula is C26H23ClN2O3S. The van der Waals surface area contributed by atoms with Crippen LogP contribution in [0.3, 0.4) is 0 Å².